The largest absolute Gasteiger partial charge is 0.346 e. The molecule has 2 aromatic carbocycles. The van der Waals surface area contributed by atoms with Crippen molar-refractivity contribution in [3.05, 3.63) is 65.2 Å². The number of carbonyl (C=O) groups excluding carboxylic acids is 1. The summed E-state index contributed by atoms with van der Waals surface area (Å²) in [5, 5.41) is 11.8. The molecule has 7 heteroatoms. The monoisotopic (exact) mass is 385 g/mol. The van der Waals surface area contributed by atoms with Crippen molar-refractivity contribution in [1.29, 1.82) is 5.26 Å². The number of sulfonamides is 1. The zero-order valence-corrected chi connectivity index (χ0v) is 16.5. The maximum absolute atomic E-state index is 12.5. The molecule has 0 aromatic heterocycles. The zero-order chi connectivity index (χ0) is 20.0. The number of hydrogen-bond donors (Lipinski definition) is 1. The molecule has 0 heterocycles. The SMILES string of the molecule is CCN(CC)S(=O)(=O)c1ccc(C(C)NC(=O)c2cccc(C#N)c2)cc1. The van der Waals surface area contributed by atoms with Crippen LogP contribution in [0.2, 0.25) is 0 Å². The highest BCUT2D eigenvalue weighted by Gasteiger charge is 2.21. The third-order valence-electron chi connectivity index (χ3n) is 4.32. The summed E-state index contributed by atoms with van der Waals surface area (Å²) in [5.41, 5.74) is 1.61. The van der Waals surface area contributed by atoms with Crippen molar-refractivity contribution in [1.82, 2.24) is 9.62 Å². The third kappa shape index (κ3) is 4.73. The lowest BCUT2D eigenvalue weighted by Crippen LogP contribution is -2.30. The summed E-state index contributed by atoms with van der Waals surface area (Å²) in [6.45, 7) is 6.24. The lowest BCUT2D eigenvalue weighted by atomic mass is 10.1. The van der Waals surface area contributed by atoms with Crippen LogP contribution in [0.25, 0.3) is 0 Å². The average molecular weight is 385 g/mol. The molecule has 6 nitrogen and oxygen atoms in total. The summed E-state index contributed by atoms with van der Waals surface area (Å²) in [6, 6.07) is 14.7. The molecule has 0 saturated heterocycles. The van der Waals surface area contributed by atoms with Gasteiger partial charge in [-0.1, -0.05) is 32.0 Å². The fourth-order valence-electron chi connectivity index (χ4n) is 2.73. The number of hydrogen-bond acceptors (Lipinski definition) is 4. The van der Waals surface area contributed by atoms with E-state index in [0.29, 0.717) is 24.2 Å². The fraction of sp³-hybridized carbons (Fsp3) is 0.300. The van der Waals surface area contributed by atoms with E-state index in [1.165, 1.54) is 10.4 Å². The number of amides is 1. The second-order valence-electron chi connectivity index (χ2n) is 6.05. The Balaban J connectivity index is 2.15. The van der Waals surface area contributed by atoms with E-state index in [1.54, 1.807) is 56.3 Å². The Bertz CT molecular complexity index is 943. The second-order valence-corrected chi connectivity index (χ2v) is 7.98. The van der Waals surface area contributed by atoms with Crippen LogP contribution in [0.5, 0.6) is 0 Å². The molecule has 0 aliphatic heterocycles. The van der Waals surface area contributed by atoms with Gasteiger partial charge in [-0.25, -0.2) is 8.42 Å². The first-order valence-corrected chi connectivity index (χ1v) is 10.2. The molecule has 0 bridgehead atoms. The molecule has 142 valence electrons. The number of carbonyl (C=O) groups is 1. The Kier molecular flexibility index (Phi) is 6.72. The van der Waals surface area contributed by atoms with Crippen molar-refractivity contribution >= 4 is 15.9 Å². The van der Waals surface area contributed by atoms with Gasteiger partial charge in [-0.15, -0.1) is 0 Å². The lowest BCUT2D eigenvalue weighted by Gasteiger charge is -2.19. The highest BCUT2D eigenvalue weighted by Crippen LogP contribution is 2.20. The third-order valence-corrected chi connectivity index (χ3v) is 6.39. The summed E-state index contributed by atoms with van der Waals surface area (Å²) in [4.78, 5) is 12.6. The van der Waals surface area contributed by atoms with Crippen LogP contribution in [0.1, 0.15) is 48.3 Å². The van der Waals surface area contributed by atoms with Gasteiger partial charge in [-0.2, -0.15) is 9.57 Å². The topological polar surface area (TPSA) is 90.3 Å². The molecule has 2 rings (SSSR count). The normalized spacial score (nSPS) is 12.4. The second kappa shape index (κ2) is 8.80. The van der Waals surface area contributed by atoms with Gasteiger partial charge in [-0.05, 0) is 42.8 Å². The molecule has 0 aliphatic rings. The molecule has 27 heavy (non-hydrogen) atoms. The van der Waals surface area contributed by atoms with E-state index in [2.05, 4.69) is 5.32 Å². The van der Waals surface area contributed by atoms with E-state index >= 15 is 0 Å². The maximum Gasteiger partial charge on any atom is 0.251 e. The number of nitrogens with zero attached hydrogens (tertiary/aromatic N) is 2. The molecule has 1 atom stereocenters. The van der Waals surface area contributed by atoms with Crippen molar-refractivity contribution in [2.24, 2.45) is 0 Å². The van der Waals surface area contributed by atoms with Crippen LogP contribution in [0.15, 0.2) is 53.4 Å². The van der Waals surface area contributed by atoms with Gasteiger partial charge in [0.1, 0.15) is 0 Å². The molecule has 0 spiro atoms. The molecule has 0 fully saturated rings. The van der Waals surface area contributed by atoms with Gasteiger partial charge in [0.2, 0.25) is 10.0 Å². The quantitative estimate of drug-likeness (QED) is 0.793. The predicted molar refractivity (Wildman–Crippen MR) is 104 cm³/mol. The summed E-state index contributed by atoms with van der Waals surface area (Å²) in [5.74, 6) is -0.292. The van der Waals surface area contributed by atoms with E-state index in [-0.39, 0.29) is 16.8 Å². The molecule has 1 amide bonds. The summed E-state index contributed by atoms with van der Waals surface area (Å²) < 4.78 is 26.5. The molecule has 2 aromatic rings. The Labute approximate surface area is 160 Å². The molecular formula is C20H23N3O3S. The van der Waals surface area contributed by atoms with Crippen LogP contribution < -0.4 is 5.32 Å². The van der Waals surface area contributed by atoms with Crippen LogP contribution in [0, 0.1) is 11.3 Å². The van der Waals surface area contributed by atoms with Gasteiger partial charge in [0.15, 0.2) is 0 Å². The van der Waals surface area contributed by atoms with E-state index in [4.69, 9.17) is 5.26 Å². The van der Waals surface area contributed by atoms with Crippen LogP contribution >= 0.6 is 0 Å². The van der Waals surface area contributed by atoms with Gasteiger partial charge in [0.05, 0.1) is 22.6 Å². The summed E-state index contributed by atoms with van der Waals surface area (Å²) in [7, 11) is -3.50. The highest BCUT2D eigenvalue weighted by molar-refractivity contribution is 7.89. The number of rotatable bonds is 7. The highest BCUT2D eigenvalue weighted by atomic mass is 32.2. The molecule has 0 saturated carbocycles. The molecule has 0 radical (unpaired) electrons. The number of nitriles is 1. The van der Waals surface area contributed by atoms with Crippen molar-refractivity contribution in [2.45, 2.75) is 31.7 Å². The van der Waals surface area contributed by atoms with Crippen molar-refractivity contribution in [3.63, 3.8) is 0 Å². The van der Waals surface area contributed by atoms with E-state index < -0.39 is 10.0 Å². The Morgan fingerprint density at radius 1 is 1.15 bits per heavy atom. The smallest absolute Gasteiger partial charge is 0.251 e. The van der Waals surface area contributed by atoms with Gasteiger partial charge >= 0.3 is 0 Å². The predicted octanol–water partition coefficient (Wildman–Crippen LogP) is 3.08. The molecular weight excluding hydrogens is 362 g/mol. The summed E-state index contributed by atoms with van der Waals surface area (Å²) in [6.07, 6.45) is 0. The van der Waals surface area contributed by atoms with Crippen molar-refractivity contribution < 1.29 is 13.2 Å². The minimum Gasteiger partial charge on any atom is -0.346 e. The first kappa shape index (κ1) is 20.6. The lowest BCUT2D eigenvalue weighted by molar-refractivity contribution is 0.0940. The van der Waals surface area contributed by atoms with Crippen LogP contribution in [0.4, 0.5) is 0 Å². The number of nitrogens with one attached hydrogen (secondary N) is 1. The maximum atomic E-state index is 12.5. The van der Waals surface area contributed by atoms with Crippen LogP contribution in [0.3, 0.4) is 0 Å². The van der Waals surface area contributed by atoms with Gasteiger partial charge in [0, 0.05) is 18.7 Å². The Hall–Kier alpha value is -2.69. The van der Waals surface area contributed by atoms with Gasteiger partial charge in [0.25, 0.3) is 5.91 Å². The van der Waals surface area contributed by atoms with E-state index in [0.717, 1.165) is 5.56 Å². The first-order valence-electron chi connectivity index (χ1n) is 8.74. The minimum absolute atomic E-state index is 0.232. The van der Waals surface area contributed by atoms with Crippen molar-refractivity contribution in [2.75, 3.05) is 13.1 Å². The summed E-state index contributed by atoms with van der Waals surface area (Å²) >= 11 is 0. The fourth-order valence-corrected chi connectivity index (χ4v) is 4.19. The van der Waals surface area contributed by atoms with E-state index in [9.17, 15) is 13.2 Å². The zero-order valence-electron chi connectivity index (χ0n) is 15.6. The van der Waals surface area contributed by atoms with Crippen LogP contribution in [-0.4, -0.2) is 31.7 Å². The first-order chi connectivity index (χ1) is 12.8. The Morgan fingerprint density at radius 2 is 1.78 bits per heavy atom. The molecule has 1 N–H and O–H groups in total. The standard InChI is InChI=1S/C20H23N3O3S/c1-4-23(5-2)27(25,26)19-11-9-17(10-12-19)15(3)22-20(24)18-8-6-7-16(13-18)14-21/h6-13,15H,4-5H2,1-3H3,(H,22,24). The van der Waals surface area contributed by atoms with Gasteiger partial charge in [-0.3, -0.25) is 4.79 Å². The minimum atomic E-state index is -3.50. The Morgan fingerprint density at radius 3 is 2.33 bits per heavy atom. The molecule has 1 unspecified atom stereocenters. The molecule has 0 aliphatic carbocycles. The van der Waals surface area contributed by atoms with E-state index in [1.807, 2.05) is 13.0 Å². The van der Waals surface area contributed by atoms with Crippen LogP contribution in [-0.2, 0) is 10.0 Å². The van der Waals surface area contributed by atoms with Crippen molar-refractivity contribution in [3.8, 4) is 6.07 Å². The average Bonchev–Trinajstić information content (AvgIpc) is 2.68. The number of benzene rings is 2. The van der Waals surface area contributed by atoms with Gasteiger partial charge < -0.3 is 5.32 Å².